The van der Waals surface area contributed by atoms with Crippen molar-refractivity contribution in [2.24, 2.45) is 0 Å². The van der Waals surface area contributed by atoms with Crippen LogP contribution in [0.25, 0.3) is 5.78 Å². The van der Waals surface area contributed by atoms with E-state index >= 15 is 0 Å². The highest BCUT2D eigenvalue weighted by molar-refractivity contribution is 7.98. The highest BCUT2D eigenvalue weighted by atomic mass is 32.2. The van der Waals surface area contributed by atoms with Crippen LogP contribution in [0.2, 0.25) is 0 Å². The van der Waals surface area contributed by atoms with Gasteiger partial charge in [-0.25, -0.2) is 9.50 Å². The van der Waals surface area contributed by atoms with E-state index in [0.717, 1.165) is 5.69 Å². The van der Waals surface area contributed by atoms with Gasteiger partial charge < -0.3 is 9.64 Å². The maximum absolute atomic E-state index is 12.8. The molecule has 0 radical (unpaired) electrons. The summed E-state index contributed by atoms with van der Waals surface area (Å²) >= 11 is 1.39. The highest BCUT2D eigenvalue weighted by Gasteiger charge is 2.32. The van der Waals surface area contributed by atoms with Crippen LogP contribution in [0.5, 0.6) is 5.75 Å². The predicted octanol–water partition coefficient (Wildman–Crippen LogP) is 3.56. The molecule has 3 rings (SSSR count). The van der Waals surface area contributed by atoms with Crippen LogP contribution >= 0.6 is 11.8 Å². The van der Waals surface area contributed by atoms with Crippen molar-refractivity contribution in [2.75, 3.05) is 13.3 Å². The summed E-state index contributed by atoms with van der Waals surface area (Å²) in [4.78, 5) is 22.9. The molecule has 0 aliphatic heterocycles. The molecule has 1 aromatic carbocycles. The van der Waals surface area contributed by atoms with Crippen molar-refractivity contribution >= 4 is 23.4 Å². The van der Waals surface area contributed by atoms with E-state index < -0.39 is 6.36 Å². The summed E-state index contributed by atoms with van der Waals surface area (Å²) in [5.41, 5.74) is 2.36. The number of nitrogens with zero attached hydrogens (tertiary/aromatic N) is 5. The van der Waals surface area contributed by atoms with Crippen LogP contribution in [-0.4, -0.2) is 50.1 Å². The molecule has 0 spiro atoms. The molecule has 0 fully saturated rings. The van der Waals surface area contributed by atoms with Crippen molar-refractivity contribution in [2.45, 2.75) is 38.3 Å². The fourth-order valence-electron chi connectivity index (χ4n) is 3.02. The Kier molecular flexibility index (Phi) is 6.20. The molecule has 0 saturated heterocycles. The Morgan fingerprint density at radius 2 is 1.93 bits per heavy atom. The summed E-state index contributed by atoms with van der Waals surface area (Å²) in [6.45, 7) is 3.59. The second kappa shape index (κ2) is 8.50. The number of carbonyl (C=O) groups excluding carboxylic acids is 1. The first-order chi connectivity index (χ1) is 14.1. The van der Waals surface area contributed by atoms with Crippen LogP contribution in [0.3, 0.4) is 0 Å². The number of fused-ring (bicyclic) bond motifs is 1. The number of carbonyl (C=O) groups is 1. The number of hydrogen-bond acceptors (Lipinski definition) is 6. The van der Waals surface area contributed by atoms with Crippen molar-refractivity contribution in [3.8, 4) is 5.75 Å². The smallest absolute Gasteiger partial charge is 0.405 e. The number of alkyl halides is 3. The van der Waals surface area contributed by atoms with Gasteiger partial charge in [-0.15, -0.1) is 18.3 Å². The number of ether oxygens (including phenoxy) is 1. The highest BCUT2D eigenvalue weighted by Crippen LogP contribution is 2.27. The summed E-state index contributed by atoms with van der Waals surface area (Å²) in [7, 11) is 1.53. The number of aryl methyl sites for hydroxylation is 2. The first kappa shape index (κ1) is 21.9. The zero-order valence-electron chi connectivity index (χ0n) is 16.8. The maximum Gasteiger partial charge on any atom is 0.573 e. The quantitative estimate of drug-likeness (QED) is 0.547. The minimum Gasteiger partial charge on any atom is -0.405 e. The van der Waals surface area contributed by atoms with Gasteiger partial charge in [0.2, 0.25) is 11.1 Å². The Morgan fingerprint density at radius 3 is 2.60 bits per heavy atom. The third-order valence-electron chi connectivity index (χ3n) is 4.57. The topological polar surface area (TPSA) is 72.6 Å². The summed E-state index contributed by atoms with van der Waals surface area (Å²) in [6, 6.07) is 5.76. The van der Waals surface area contributed by atoms with Gasteiger partial charge in [-0.2, -0.15) is 4.98 Å². The van der Waals surface area contributed by atoms with Gasteiger partial charge in [0.15, 0.2) is 0 Å². The van der Waals surface area contributed by atoms with Crippen molar-refractivity contribution in [1.29, 1.82) is 0 Å². The van der Waals surface area contributed by atoms with Crippen LogP contribution in [0.4, 0.5) is 13.2 Å². The Hall–Kier alpha value is -2.82. The molecule has 2 aromatic heterocycles. The number of benzene rings is 1. The molecule has 0 unspecified atom stereocenters. The van der Waals surface area contributed by atoms with Crippen LogP contribution in [0.15, 0.2) is 29.4 Å². The first-order valence-corrected chi connectivity index (χ1v) is 10.2. The minimum absolute atomic E-state index is 0.0290. The van der Waals surface area contributed by atoms with E-state index in [4.69, 9.17) is 0 Å². The largest absolute Gasteiger partial charge is 0.573 e. The molecule has 2 heterocycles. The molecular formula is C19H20F3N5O2S. The average molecular weight is 439 g/mol. The van der Waals surface area contributed by atoms with E-state index in [-0.39, 0.29) is 30.2 Å². The molecule has 160 valence electrons. The third-order valence-corrected chi connectivity index (χ3v) is 5.11. The number of amides is 1. The normalized spacial score (nSPS) is 11.7. The van der Waals surface area contributed by atoms with E-state index in [1.807, 2.05) is 13.2 Å². The van der Waals surface area contributed by atoms with Crippen LogP contribution < -0.4 is 4.74 Å². The number of hydrogen-bond donors (Lipinski definition) is 0. The monoisotopic (exact) mass is 439 g/mol. The van der Waals surface area contributed by atoms with Gasteiger partial charge in [-0.05, 0) is 26.2 Å². The lowest BCUT2D eigenvalue weighted by molar-refractivity contribution is -0.275. The fraction of sp³-hybridized carbons (Fsp3) is 0.368. The predicted molar refractivity (Wildman–Crippen MR) is 105 cm³/mol. The Morgan fingerprint density at radius 1 is 1.23 bits per heavy atom. The lowest BCUT2D eigenvalue weighted by atomic mass is 10.1. The molecule has 0 N–H and O–H groups in total. The van der Waals surface area contributed by atoms with E-state index in [0.29, 0.717) is 22.2 Å². The van der Waals surface area contributed by atoms with Gasteiger partial charge in [-0.1, -0.05) is 30.0 Å². The summed E-state index contributed by atoms with van der Waals surface area (Å²) in [5, 5.41) is 4.93. The van der Waals surface area contributed by atoms with E-state index in [2.05, 4.69) is 19.8 Å². The molecule has 0 saturated carbocycles. The average Bonchev–Trinajstić information content (AvgIpc) is 3.08. The molecule has 0 aliphatic carbocycles. The second-order valence-electron chi connectivity index (χ2n) is 6.65. The lowest BCUT2D eigenvalue weighted by Crippen LogP contribution is -2.29. The van der Waals surface area contributed by atoms with Crippen LogP contribution in [0.1, 0.15) is 22.5 Å². The zero-order chi connectivity index (χ0) is 22.1. The number of likely N-dealkylation sites (N-methyl/N-ethyl adjacent to an activating group) is 1. The van der Waals surface area contributed by atoms with E-state index in [1.54, 1.807) is 17.5 Å². The molecule has 0 bridgehead atoms. The number of halogens is 3. The summed E-state index contributed by atoms with van der Waals surface area (Å²) in [5.74, 6) is -0.140. The standard InChI is InChI=1S/C19H20F3N5O2S/c1-11-14(12(2)27-17(23-11)24-18(25-27)30-4)9-16(28)26(3)10-13-7-5-6-8-15(13)29-19(20,21)22/h5-8H,9-10H2,1-4H3. The lowest BCUT2D eigenvalue weighted by Gasteiger charge is -2.20. The molecular weight excluding hydrogens is 419 g/mol. The molecule has 3 aromatic rings. The van der Waals surface area contributed by atoms with Crippen molar-refractivity contribution in [3.05, 3.63) is 46.8 Å². The Bertz CT molecular complexity index is 1080. The van der Waals surface area contributed by atoms with Crippen LogP contribution in [-0.2, 0) is 17.8 Å². The van der Waals surface area contributed by atoms with Crippen LogP contribution in [0, 0.1) is 13.8 Å². The molecule has 1 amide bonds. The fourth-order valence-corrected chi connectivity index (χ4v) is 3.36. The van der Waals surface area contributed by atoms with E-state index in [9.17, 15) is 18.0 Å². The van der Waals surface area contributed by atoms with Crippen molar-refractivity contribution in [1.82, 2.24) is 24.5 Å². The van der Waals surface area contributed by atoms with E-state index in [1.165, 1.54) is 41.9 Å². The maximum atomic E-state index is 12.8. The summed E-state index contributed by atoms with van der Waals surface area (Å²) in [6.07, 6.45) is -2.91. The second-order valence-corrected chi connectivity index (χ2v) is 7.43. The Balaban J connectivity index is 1.80. The Labute approximate surface area is 175 Å². The van der Waals surface area contributed by atoms with Gasteiger partial charge in [0.05, 0.1) is 6.42 Å². The SMILES string of the molecule is CSc1nc2nc(C)c(CC(=O)N(C)Cc3ccccc3OC(F)(F)F)c(C)n2n1. The molecule has 0 atom stereocenters. The molecule has 7 nitrogen and oxygen atoms in total. The third kappa shape index (κ3) is 4.84. The summed E-state index contributed by atoms with van der Waals surface area (Å²) < 4.78 is 43.5. The first-order valence-electron chi connectivity index (χ1n) is 8.93. The van der Waals surface area contributed by atoms with Gasteiger partial charge in [0, 0.05) is 36.1 Å². The van der Waals surface area contributed by atoms with Gasteiger partial charge >= 0.3 is 6.36 Å². The van der Waals surface area contributed by atoms with Crippen molar-refractivity contribution < 1.29 is 22.7 Å². The van der Waals surface area contributed by atoms with Gasteiger partial charge in [0.1, 0.15) is 5.75 Å². The number of thioether (sulfide) groups is 1. The van der Waals surface area contributed by atoms with Gasteiger partial charge in [-0.3, -0.25) is 4.79 Å². The van der Waals surface area contributed by atoms with Gasteiger partial charge in [0.25, 0.3) is 5.78 Å². The molecule has 11 heteroatoms. The number of para-hydroxylation sites is 1. The molecule has 30 heavy (non-hydrogen) atoms. The molecule has 0 aliphatic rings. The van der Waals surface area contributed by atoms with Crippen molar-refractivity contribution in [3.63, 3.8) is 0 Å². The number of rotatable bonds is 6. The number of aromatic nitrogens is 4. The zero-order valence-corrected chi connectivity index (χ0v) is 17.6. The minimum atomic E-state index is -4.80.